The van der Waals surface area contributed by atoms with Crippen LogP contribution in [0.3, 0.4) is 0 Å². The zero-order valence-electron chi connectivity index (χ0n) is 7.13. The molecule has 0 aliphatic heterocycles. The fraction of sp³-hybridized carbons (Fsp3) is 0. The Hall–Kier alpha value is -2.44. The molecule has 1 heterocycles. The second-order valence-electron chi connectivity index (χ2n) is 2.70. The van der Waals surface area contributed by atoms with Crippen LogP contribution < -0.4 is 5.82 Å². The van der Waals surface area contributed by atoms with Gasteiger partial charge in [-0.1, -0.05) is 0 Å². The third-order valence-electron chi connectivity index (χ3n) is 1.77. The lowest BCUT2D eigenvalue weighted by molar-refractivity contribution is -0.383. The van der Waals surface area contributed by atoms with E-state index in [-0.39, 0.29) is 16.7 Å². The molecule has 76 valence electrons. The standard InChI is InChI=1S/C8H3NO6/c10-3-4-1-5(9(12)13)7-6(2-4)14-8(11)15-7/h1-3H. The molecule has 1 aromatic carbocycles. The smallest absolute Gasteiger partial charge is 0.390 e. The molecule has 0 amide bonds. The highest BCUT2D eigenvalue weighted by Crippen LogP contribution is 2.25. The number of nitrogens with zero attached hydrogens (tertiary/aromatic N) is 1. The fourth-order valence-corrected chi connectivity index (χ4v) is 1.18. The topological polar surface area (TPSA) is 104 Å². The molecule has 0 fully saturated rings. The van der Waals surface area contributed by atoms with Gasteiger partial charge in [0.2, 0.25) is 0 Å². The van der Waals surface area contributed by atoms with Crippen molar-refractivity contribution < 1.29 is 18.6 Å². The lowest BCUT2D eigenvalue weighted by atomic mass is 10.2. The zero-order chi connectivity index (χ0) is 11.0. The maximum absolute atomic E-state index is 10.7. The minimum atomic E-state index is -1.05. The first-order chi connectivity index (χ1) is 7.11. The van der Waals surface area contributed by atoms with Gasteiger partial charge in [-0.3, -0.25) is 14.9 Å². The Morgan fingerprint density at radius 3 is 2.67 bits per heavy atom. The summed E-state index contributed by atoms with van der Waals surface area (Å²) in [6.07, 6.45) is 0.416. The summed E-state index contributed by atoms with van der Waals surface area (Å²) in [5.74, 6) is -1.05. The number of fused-ring (bicyclic) bond motifs is 1. The van der Waals surface area contributed by atoms with Gasteiger partial charge in [-0.15, -0.1) is 0 Å². The average Bonchev–Trinajstić information content (AvgIpc) is 2.55. The van der Waals surface area contributed by atoms with Crippen LogP contribution in [0.1, 0.15) is 10.4 Å². The summed E-state index contributed by atoms with van der Waals surface area (Å²) >= 11 is 0. The number of hydrogen-bond acceptors (Lipinski definition) is 6. The van der Waals surface area contributed by atoms with E-state index in [9.17, 15) is 19.7 Å². The number of aldehydes is 1. The molecule has 0 saturated carbocycles. The van der Waals surface area contributed by atoms with E-state index >= 15 is 0 Å². The van der Waals surface area contributed by atoms with Crippen LogP contribution in [0, 0.1) is 10.1 Å². The third kappa shape index (κ3) is 1.39. The zero-order valence-corrected chi connectivity index (χ0v) is 7.13. The van der Waals surface area contributed by atoms with E-state index in [1.165, 1.54) is 6.07 Å². The largest absolute Gasteiger partial charge is 0.519 e. The van der Waals surface area contributed by atoms with E-state index in [1.807, 2.05) is 0 Å². The number of hydrogen-bond donors (Lipinski definition) is 0. The van der Waals surface area contributed by atoms with Crippen molar-refractivity contribution in [2.45, 2.75) is 0 Å². The van der Waals surface area contributed by atoms with Crippen LogP contribution in [0.4, 0.5) is 5.69 Å². The molecular formula is C8H3NO6. The van der Waals surface area contributed by atoms with Crippen molar-refractivity contribution in [1.82, 2.24) is 0 Å². The quantitative estimate of drug-likeness (QED) is 0.416. The maximum Gasteiger partial charge on any atom is 0.519 e. The first-order valence-electron chi connectivity index (χ1n) is 3.79. The van der Waals surface area contributed by atoms with Crippen molar-refractivity contribution in [3.8, 4) is 0 Å². The van der Waals surface area contributed by atoms with Crippen LogP contribution in [-0.2, 0) is 0 Å². The predicted octanol–water partition coefficient (Wildman–Crippen LogP) is 1.11. The van der Waals surface area contributed by atoms with Crippen LogP contribution in [0.15, 0.2) is 25.8 Å². The molecule has 0 radical (unpaired) electrons. The Labute approximate surface area is 81.1 Å². The SMILES string of the molecule is O=Cc1cc([N+](=O)[O-])c2oc(=O)oc2c1. The monoisotopic (exact) mass is 209 g/mol. The number of nitro groups is 1. The van der Waals surface area contributed by atoms with Gasteiger partial charge in [-0.05, 0) is 6.07 Å². The second kappa shape index (κ2) is 3.05. The Balaban J connectivity index is 2.91. The molecule has 7 heteroatoms. The van der Waals surface area contributed by atoms with Crippen molar-refractivity contribution in [2.24, 2.45) is 0 Å². The molecule has 15 heavy (non-hydrogen) atoms. The van der Waals surface area contributed by atoms with Crippen molar-refractivity contribution >= 4 is 23.1 Å². The van der Waals surface area contributed by atoms with E-state index in [2.05, 4.69) is 8.83 Å². The molecule has 2 aromatic rings. The minimum Gasteiger partial charge on any atom is -0.390 e. The van der Waals surface area contributed by atoms with E-state index in [0.717, 1.165) is 6.07 Å². The van der Waals surface area contributed by atoms with Gasteiger partial charge in [-0.25, -0.2) is 4.79 Å². The number of benzene rings is 1. The summed E-state index contributed by atoms with van der Waals surface area (Å²) in [4.78, 5) is 31.0. The van der Waals surface area contributed by atoms with Crippen LogP contribution in [0.2, 0.25) is 0 Å². The summed E-state index contributed by atoms with van der Waals surface area (Å²) in [6.45, 7) is 0. The fourth-order valence-electron chi connectivity index (χ4n) is 1.18. The molecule has 0 atom stereocenters. The van der Waals surface area contributed by atoms with Crippen molar-refractivity contribution in [1.29, 1.82) is 0 Å². The molecule has 2 rings (SSSR count). The summed E-state index contributed by atoms with van der Waals surface area (Å²) in [6, 6.07) is 2.20. The number of carbonyl (C=O) groups is 1. The summed E-state index contributed by atoms with van der Waals surface area (Å²) in [5.41, 5.74) is -0.814. The van der Waals surface area contributed by atoms with Gasteiger partial charge in [-0.2, -0.15) is 0 Å². The van der Waals surface area contributed by atoms with Crippen LogP contribution in [0.25, 0.3) is 11.2 Å². The predicted molar refractivity (Wildman–Crippen MR) is 46.8 cm³/mol. The van der Waals surface area contributed by atoms with Crippen LogP contribution in [0.5, 0.6) is 0 Å². The van der Waals surface area contributed by atoms with Gasteiger partial charge >= 0.3 is 11.5 Å². The summed E-state index contributed by atoms with van der Waals surface area (Å²) in [5, 5.41) is 10.6. The van der Waals surface area contributed by atoms with Crippen LogP contribution >= 0.6 is 0 Å². The number of nitro benzene ring substituents is 1. The van der Waals surface area contributed by atoms with Crippen molar-refractivity contribution in [3.05, 3.63) is 38.4 Å². The number of non-ortho nitro benzene ring substituents is 1. The van der Waals surface area contributed by atoms with E-state index in [4.69, 9.17) is 0 Å². The first kappa shape index (κ1) is 9.13. The highest BCUT2D eigenvalue weighted by Gasteiger charge is 2.19. The van der Waals surface area contributed by atoms with Gasteiger partial charge in [0, 0.05) is 11.6 Å². The second-order valence-corrected chi connectivity index (χ2v) is 2.70. The van der Waals surface area contributed by atoms with Crippen molar-refractivity contribution in [2.75, 3.05) is 0 Å². The molecule has 0 aliphatic rings. The van der Waals surface area contributed by atoms with Crippen LogP contribution in [-0.4, -0.2) is 11.2 Å². The van der Waals surface area contributed by atoms with Crippen molar-refractivity contribution in [3.63, 3.8) is 0 Å². The molecule has 0 aliphatic carbocycles. The molecule has 7 nitrogen and oxygen atoms in total. The molecule has 0 N–H and O–H groups in total. The number of carbonyl (C=O) groups excluding carboxylic acids is 1. The van der Waals surface area contributed by atoms with Gasteiger partial charge in [0.05, 0.1) is 4.92 Å². The Morgan fingerprint density at radius 2 is 2.07 bits per heavy atom. The molecule has 0 unspecified atom stereocenters. The van der Waals surface area contributed by atoms with Gasteiger partial charge < -0.3 is 8.83 Å². The minimum absolute atomic E-state index is 0.0405. The molecular weight excluding hydrogens is 206 g/mol. The highest BCUT2D eigenvalue weighted by atomic mass is 16.6. The highest BCUT2D eigenvalue weighted by molar-refractivity contribution is 5.88. The number of rotatable bonds is 2. The van der Waals surface area contributed by atoms with Gasteiger partial charge in [0.1, 0.15) is 6.29 Å². The maximum atomic E-state index is 10.7. The van der Waals surface area contributed by atoms with E-state index in [1.54, 1.807) is 0 Å². The normalized spacial score (nSPS) is 10.4. The molecule has 0 spiro atoms. The van der Waals surface area contributed by atoms with Gasteiger partial charge in [0.15, 0.2) is 5.58 Å². The Bertz CT molecular complexity index is 607. The Kier molecular flexibility index (Phi) is 1.86. The lowest BCUT2D eigenvalue weighted by Gasteiger charge is -1.92. The first-order valence-corrected chi connectivity index (χ1v) is 3.79. The summed E-state index contributed by atoms with van der Waals surface area (Å²) < 4.78 is 9.00. The Morgan fingerprint density at radius 1 is 1.33 bits per heavy atom. The average molecular weight is 209 g/mol. The summed E-state index contributed by atoms with van der Waals surface area (Å²) in [7, 11) is 0. The van der Waals surface area contributed by atoms with E-state index in [0.29, 0.717) is 6.29 Å². The third-order valence-corrected chi connectivity index (χ3v) is 1.77. The van der Waals surface area contributed by atoms with E-state index < -0.39 is 16.4 Å². The molecule has 0 saturated heterocycles. The van der Waals surface area contributed by atoms with Gasteiger partial charge in [0.25, 0.3) is 5.58 Å². The molecule has 1 aromatic heterocycles. The lowest BCUT2D eigenvalue weighted by Crippen LogP contribution is -1.90. The molecule has 0 bridgehead atoms.